The van der Waals surface area contributed by atoms with Gasteiger partial charge in [-0.15, -0.1) is 0 Å². The molecule has 0 aliphatic rings. The predicted octanol–water partition coefficient (Wildman–Crippen LogP) is 7.93. The quantitative estimate of drug-likeness (QED) is 0.263. The van der Waals surface area contributed by atoms with Crippen LogP contribution in [0.5, 0.6) is 0 Å². The standard InChI is InChI=1S/C29H37Cl2N3/c1-7-33(8-2)27-17-13-22(19-25(27)30)29(21-11-15-24(16-12-21)32(5)6)23-14-18-28(26(31)20-23)34(9-3)10-4/h11-20,29H,7-10H2,1-6H3. The molecule has 0 aliphatic heterocycles. The van der Waals surface area contributed by atoms with Gasteiger partial charge < -0.3 is 14.7 Å². The van der Waals surface area contributed by atoms with Crippen molar-refractivity contribution in [1.29, 1.82) is 0 Å². The predicted molar refractivity (Wildman–Crippen MR) is 152 cm³/mol. The van der Waals surface area contributed by atoms with Crippen LogP contribution in [0.2, 0.25) is 10.0 Å². The molecule has 0 radical (unpaired) electrons. The first kappa shape index (κ1) is 26.2. The zero-order chi connectivity index (χ0) is 24.8. The maximum Gasteiger partial charge on any atom is 0.0642 e. The molecule has 0 saturated carbocycles. The fraction of sp³-hybridized carbons (Fsp3) is 0.379. The lowest BCUT2D eigenvalue weighted by Crippen LogP contribution is -2.22. The van der Waals surface area contributed by atoms with E-state index in [0.717, 1.165) is 58.7 Å². The first-order valence-electron chi connectivity index (χ1n) is 12.2. The molecule has 0 spiro atoms. The lowest BCUT2D eigenvalue weighted by molar-refractivity contribution is 0.863. The molecule has 3 rings (SSSR count). The third kappa shape index (κ3) is 5.64. The molecule has 0 saturated heterocycles. The van der Waals surface area contributed by atoms with Gasteiger partial charge in [0.2, 0.25) is 0 Å². The highest BCUT2D eigenvalue weighted by Gasteiger charge is 2.21. The molecule has 5 heteroatoms. The Hall–Kier alpha value is -2.36. The Balaban J connectivity index is 2.12. The molecule has 3 nitrogen and oxygen atoms in total. The van der Waals surface area contributed by atoms with Crippen LogP contribution >= 0.6 is 23.2 Å². The van der Waals surface area contributed by atoms with Gasteiger partial charge in [0.25, 0.3) is 0 Å². The molecule has 0 aromatic heterocycles. The van der Waals surface area contributed by atoms with E-state index in [0.29, 0.717) is 0 Å². The summed E-state index contributed by atoms with van der Waals surface area (Å²) in [6.45, 7) is 12.3. The second kappa shape index (κ2) is 11.9. The van der Waals surface area contributed by atoms with Crippen molar-refractivity contribution in [2.45, 2.75) is 33.6 Å². The molecule has 0 atom stereocenters. The van der Waals surface area contributed by atoms with Crippen LogP contribution in [-0.4, -0.2) is 40.3 Å². The van der Waals surface area contributed by atoms with Gasteiger partial charge in [0.05, 0.1) is 21.4 Å². The summed E-state index contributed by atoms with van der Waals surface area (Å²) in [5.41, 5.74) is 6.85. The zero-order valence-electron chi connectivity index (χ0n) is 21.3. The minimum absolute atomic E-state index is 0.0303. The summed E-state index contributed by atoms with van der Waals surface area (Å²) in [6.07, 6.45) is 0. The van der Waals surface area contributed by atoms with Crippen molar-refractivity contribution in [2.75, 3.05) is 55.0 Å². The van der Waals surface area contributed by atoms with E-state index in [1.54, 1.807) is 0 Å². The Bertz CT molecular complexity index is 1010. The minimum Gasteiger partial charge on any atom is -0.378 e. The minimum atomic E-state index is 0.0303. The maximum atomic E-state index is 6.82. The summed E-state index contributed by atoms with van der Waals surface area (Å²) in [5, 5.41) is 1.56. The van der Waals surface area contributed by atoms with Crippen LogP contribution in [0.4, 0.5) is 17.1 Å². The number of halogens is 2. The third-order valence-corrected chi connectivity index (χ3v) is 7.17. The molecule has 0 heterocycles. The summed E-state index contributed by atoms with van der Waals surface area (Å²) < 4.78 is 0. The van der Waals surface area contributed by atoms with Crippen LogP contribution in [0.3, 0.4) is 0 Å². The molecule has 0 fully saturated rings. The summed E-state index contributed by atoms with van der Waals surface area (Å²) in [6, 6.07) is 21.7. The van der Waals surface area contributed by atoms with Gasteiger partial charge in [-0.3, -0.25) is 0 Å². The second-order valence-electron chi connectivity index (χ2n) is 8.69. The molecule has 0 bridgehead atoms. The molecule has 0 aliphatic carbocycles. The van der Waals surface area contributed by atoms with Crippen molar-refractivity contribution < 1.29 is 0 Å². The molecule has 0 unspecified atom stereocenters. The van der Waals surface area contributed by atoms with Gasteiger partial charge in [0.15, 0.2) is 0 Å². The Kier molecular flexibility index (Phi) is 9.16. The number of nitrogens with zero attached hydrogens (tertiary/aromatic N) is 3. The smallest absolute Gasteiger partial charge is 0.0642 e. The van der Waals surface area contributed by atoms with Crippen LogP contribution < -0.4 is 14.7 Å². The SMILES string of the molecule is CCN(CC)c1ccc(C(c2ccc(N(C)C)cc2)c2ccc(N(CC)CC)c(Cl)c2)cc1Cl. The molecular weight excluding hydrogens is 461 g/mol. The van der Waals surface area contributed by atoms with Gasteiger partial charge in [-0.25, -0.2) is 0 Å². The van der Waals surface area contributed by atoms with Crippen molar-refractivity contribution in [3.05, 3.63) is 87.4 Å². The van der Waals surface area contributed by atoms with Gasteiger partial charge in [-0.2, -0.15) is 0 Å². The van der Waals surface area contributed by atoms with Crippen molar-refractivity contribution in [1.82, 2.24) is 0 Å². The largest absolute Gasteiger partial charge is 0.378 e. The highest BCUT2D eigenvalue weighted by molar-refractivity contribution is 6.33. The Morgan fingerprint density at radius 1 is 0.588 bits per heavy atom. The Morgan fingerprint density at radius 3 is 1.29 bits per heavy atom. The zero-order valence-corrected chi connectivity index (χ0v) is 22.8. The maximum absolute atomic E-state index is 6.82. The van der Waals surface area contributed by atoms with E-state index in [-0.39, 0.29) is 5.92 Å². The first-order chi connectivity index (χ1) is 16.3. The third-order valence-electron chi connectivity index (χ3n) is 6.56. The van der Waals surface area contributed by atoms with Crippen molar-refractivity contribution in [2.24, 2.45) is 0 Å². The van der Waals surface area contributed by atoms with E-state index >= 15 is 0 Å². The number of anilines is 3. The molecule has 34 heavy (non-hydrogen) atoms. The van der Waals surface area contributed by atoms with E-state index in [2.05, 4.69) is 117 Å². The number of rotatable bonds is 10. The topological polar surface area (TPSA) is 9.72 Å². The average Bonchev–Trinajstić information content (AvgIpc) is 2.83. The molecular formula is C29H37Cl2N3. The van der Waals surface area contributed by atoms with Gasteiger partial charge in [-0.1, -0.05) is 47.5 Å². The molecule has 0 N–H and O–H groups in total. The average molecular weight is 499 g/mol. The van der Waals surface area contributed by atoms with E-state index in [1.807, 2.05) is 0 Å². The van der Waals surface area contributed by atoms with E-state index < -0.39 is 0 Å². The number of hydrogen-bond acceptors (Lipinski definition) is 3. The van der Waals surface area contributed by atoms with Crippen LogP contribution in [0.1, 0.15) is 50.3 Å². The summed E-state index contributed by atoms with van der Waals surface area (Å²) in [7, 11) is 4.12. The van der Waals surface area contributed by atoms with Gasteiger partial charge >= 0.3 is 0 Å². The fourth-order valence-electron chi connectivity index (χ4n) is 4.59. The first-order valence-corrected chi connectivity index (χ1v) is 13.0. The van der Waals surface area contributed by atoms with Crippen LogP contribution in [0.25, 0.3) is 0 Å². The lowest BCUT2D eigenvalue weighted by Gasteiger charge is -2.26. The highest BCUT2D eigenvalue weighted by Crippen LogP contribution is 2.39. The molecule has 3 aromatic carbocycles. The van der Waals surface area contributed by atoms with Gasteiger partial charge in [-0.05, 0) is 80.8 Å². The summed E-state index contributed by atoms with van der Waals surface area (Å²) >= 11 is 13.6. The normalized spacial score (nSPS) is 11.1. The fourth-order valence-corrected chi connectivity index (χ4v) is 5.21. The summed E-state index contributed by atoms with van der Waals surface area (Å²) in [4.78, 5) is 6.68. The van der Waals surface area contributed by atoms with Crippen molar-refractivity contribution in [3.8, 4) is 0 Å². The molecule has 3 aromatic rings. The number of hydrogen-bond donors (Lipinski definition) is 0. The lowest BCUT2D eigenvalue weighted by atomic mass is 9.84. The van der Waals surface area contributed by atoms with Crippen LogP contribution in [-0.2, 0) is 0 Å². The monoisotopic (exact) mass is 497 g/mol. The van der Waals surface area contributed by atoms with Crippen molar-refractivity contribution in [3.63, 3.8) is 0 Å². The van der Waals surface area contributed by atoms with E-state index in [9.17, 15) is 0 Å². The van der Waals surface area contributed by atoms with Gasteiger partial charge in [0.1, 0.15) is 0 Å². The van der Waals surface area contributed by atoms with Crippen molar-refractivity contribution >= 4 is 40.3 Å². The highest BCUT2D eigenvalue weighted by atomic mass is 35.5. The Labute approximate surface area is 215 Å². The number of benzene rings is 3. The molecule has 182 valence electrons. The van der Waals surface area contributed by atoms with Gasteiger partial charge in [0, 0.05) is 51.9 Å². The second-order valence-corrected chi connectivity index (χ2v) is 9.50. The van der Waals surface area contributed by atoms with E-state index in [4.69, 9.17) is 23.2 Å². The summed E-state index contributed by atoms with van der Waals surface area (Å²) in [5.74, 6) is 0.0303. The molecule has 0 amide bonds. The van der Waals surface area contributed by atoms with E-state index in [1.165, 1.54) is 11.3 Å². The Morgan fingerprint density at radius 2 is 0.971 bits per heavy atom. The van der Waals surface area contributed by atoms with Crippen LogP contribution in [0, 0.1) is 0 Å². The van der Waals surface area contributed by atoms with Crippen LogP contribution in [0.15, 0.2) is 60.7 Å².